The summed E-state index contributed by atoms with van der Waals surface area (Å²) in [5, 5.41) is 7.55. The highest BCUT2D eigenvalue weighted by Crippen LogP contribution is 2.31. The minimum atomic E-state index is -0.159. The molecule has 0 aliphatic carbocycles. The van der Waals surface area contributed by atoms with Gasteiger partial charge in [-0.1, -0.05) is 10.3 Å². The normalized spacial score (nSPS) is 19.4. The molecule has 1 saturated heterocycles. The molecule has 0 unspecified atom stereocenters. The molecule has 3 rings (SSSR count). The summed E-state index contributed by atoms with van der Waals surface area (Å²) in [6, 6.07) is 1.42. The summed E-state index contributed by atoms with van der Waals surface area (Å²) in [6.45, 7) is 2.40. The molecule has 1 atom stereocenters. The van der Waals surface area contributed by atoms with Crippen LogP contribution in [0.5, 0.6) is 0 Å². The Bertz CT molecular complexity index is 548. The van der Waals surface area contributed by atoms with Crippen molar-refractivity contribution in [1.29, 1.82) is 0 Å². The van der Waals surface area contributed by atoms with Crippen molar-refractivity contribution < 1.29 is 13.8 Å². The summed E-state index contributed by atoms with van der Waals surface area (Å²) in [6.07, 6.45) is 3.14. The number of likely N-dealkylation sites (tertiary alicyclic amines) is 1. The average Bonchev–Trinajstić information content (AvgIpc) is 3.09. The van der Waals surface area contributed by atoms with E-state index < -0.39 is 0 Å². The molecular formula is C11H12N4O3. The summed E-state index contributed by atoms with van der Waals surface area (Å²) in [7, 11) is 0. The molecule has 2 aromatic rings. The molecule has 94 valence electrons. The first-order chi connectivity index (χ1) is 8.75. The van der Waals surface area contributed by atoms with Crippen LogP contribution in [0.4, 0.5) is 0 Å². The van der Waals surface area contributed by atoms with E-state index in [-0.39, 0.29) is 11.9 Å². The number of hydrogen-bond donors (Lipinski definition) is 0. The Hall–Kier alpha value is -2.18. The van der Waals surface area contributed by atoms with Crippen LogP contribution in [-0.2, 0) is 0 Å². The van der Waals surface area contributed by atoms with Gasteiger partial charge in [0.15, 0.2) is 11.5 Å². The predicted molar refractivity (Wildman–Crippen MR) is 58.5 cm³/mol. The van der Waals surface area contributed by atoms with Crippen molar-refractivity contribution in [2.45, 2.75) is 25.8 Å². The second-order valence-corrected chi connectivity index (χ2v) is 4.21. The van der Waals surface area contributed by atoms with E-state index in [2.05, 4.69) is 15.3 Å². The predicted octanol–water partition coefficient (Wildman–Crippen LogP) is 1.34. The molecule has 0 saturated carbocycles. The van der Waals surface area contributed by atoms with Gasteiger partial charge in [-0.15, -0.1) is 0 Å². The van der Waals surface area contributed by atoms with Crippen LogP contribution in [0.3, 0.4) is 0 Å². The number of carbonyl (C=O) groups is 1. The van der Waals surface area contributed by atoms with E-state index in [0.29, 0.717) is 24.0 Å². The Labute approximate surface area is 103 Å². The van der Waals surface area contributed by atoms with Gasteiger partial charge in [-0.2, -0.15) is 4.98 Å². The number of amides is 1. The fourth-order valence-corrected chi connectivity index (χ4v) is 2.20. The van der Waals surface area contributed by atoms with Crippen molar-refractivity contribution in [3.8, 4) is 0 Å². The highest BCUT2D eigenvalue weighted by atomic mass is 16.5. The number of rotatable bonds is 2. The Morgan fingerprint density at radius 2 is 2.39 bits per heavy atom. The third-order valence-corrected chi connectivity index (χ3v) is 3.01. The van der Waals surface area contributed by atoms with E-state index in [0.717, 1.165) is 12.8 Å². The maximum Gasteiger partial charge on any atom is 0.276 e. The van der Waals surface area contributed by atoms with Crippen LogP contribution in [0, 0.1) is 6.92 Å². The maximum atomic E-state index is 12.2. The first-order valence-electron chi connectivity index (χ1n) is 5.77. The molecule has 18 heavy (non-hydrogen) atoms. The molecule has 1 fully saturated rings. The van der Waals surface area contributed by atoms with Crippen molar-refractivity contribution in [3.63, 3.8) is 0 Å². The van der Waals surface area contributed by atoms with Gasteiger partial charge in [0.25, 0.3) is 5.91 Å². The Kier molecular flexibility index (Phi) is 2.58. The summed E-state index contributed by atoms with van der Waals surface area (Å²) >= 11 is 0. The van der Waals surface area contributed by atoms with Crippen molar-refractivity contribution in [1.82, 2.24) is 20.2 Å². The number of hydrogen-bond acceptors (Lipinski definition) is 6. The fraction of sp³-hybridized carbons (Fsp3) is 0.455. The molecule has 0 spiro atoms. The zero-order chi connectivity index (χ0) is 12.5. The van der Waals surface area contributed by atoms with Crippen LogP contribution in [0.1, 0.15) is 41.1 Å². The van der Waals surface area contributed by atoms with Gasteiger partial charge in [0.2, 0.25) is 5.89 Å². The lowest BCUT2D eigenvalue weighted by atomic mass is 10.2. The number of nitrogens with zero attached hydrogens (tertiary/aromatic N) is 4. The van der Waals surface area contributed by atoms with Crippen molar-refractivity contribution in [3.05, 3.63) is 29.7 Å². The summed E-state index contributed by atoms with van der Waals surface area (Å²) in [4.78, 5) is 18.1. The standard InChI is InChI=1S/C11H12N4O3/c1-7-12-10(14-18-7)9-3-2-5-15(9)11(16)8-4-6-17-13-8/h4,6,9H,2-3,5H2,1H3/t9-/m1/s1. The van der Waals surface area contributed by atoms with E-state index in [1.54, 1.807) is 17.9 Å². The SMILES string of the molecule is Cc1nc([C@H]2CCCN2C(=O)c2ccon2)no1. The zero-order valence-corrected chi connectivity index (χ0v) is 9.87. The molecule has 7 nitrogen and oxygen atoms in total. The smallest absolute Gasteiger partial charge is 0.276 e. The Morgan fingerprint density at radius 3 is 3.06 bits per heavy atom. The molecule has 1 amide bonds. The Morgan fingerprint density at radius 1 is 1.50 bits per heavy atom. The van der Waals surface area contributed by atoms with Gasteiger partial charge in [0.05, 0.1) is 6.04 Å². The molecule has 0 N–H and O–H groups in total. The van der Waals surface area contributed by atoms with Crippen LogP contribution >= 0.6 is 0 Å². The van der Waals surface area contributed by atoms with Gasteiger partial charge in [-0.3, -0.25) is 4.79 Å². The highest BCUT2D eigenvalue weighted by Gasteiger charge is 2.34. The molecule has 7 heteroatoms. The summed E-state index contributed by atoms with van der Waals surface area (Å²) in [5.74, 6) is 0.904. The van der Waals surface area contributed by atoms with Gasteiger partial charge in [-0.05, 0) is 12.8 Å². The quantitative estimate of drug-likeness (QED) is 0.797. The average molecular weight is 248 g/mol. The molecular weight excluding hydrogens is 236 g/mol. The van der Waals surface area contributed by atoms with Crippen molar-refractivity contribution in [2.24, 2.45) is 0 Å². The van der Waals surface area contributed by atoms with Crippen LogP contribution in [0.2, 0.25) is 0 Å². The molecule has 0 bridgehead atoms. The van der Waals surface area contributed by atoms with Crippen LogP contribution in [0.25, 0.3) is 0 Å². The van der Waals surface area contributed by atoms with Gasteiger partial charge in [0, 0.05) is 19.5 Å². The third-order valence-electron chi connectivity index (χ3n) is 3.01. The van der Waals surface area contributed by atoms with Gasteiger partial charge < -0.3 is 13.9 Å². The van der Waals surface area contributed by atoms with E-state index in [4.69, 9.17) is 9.05 Å². The van der Waals surface area contributed by atoms with Gasteiger partial charge in [-0.25, -0.2) is 0 Å². The lowest BCUT2D eigenvalue weighted by Crippen LogP contribution is -2.31. The van der Waals surface area contributed by atoms with Crippen LogP contribution in [-0.4, -0.2) is 32.6 Å². The summed E-state index contributed by atoms with van der Waals surface area (Å²) < 4.78 is 9.66. The van der Waals surface area contributed by atoms with E-state index in [9.17, 15) is 4.79 Å². The van der Waals surface area contributed by atoms with Crippen LogP contribution in [0.15, 0.2) is 21.4 Å². The van der Waals surface area contributed by atoms with E-state index in [1.165, 1.54) is 6.26 Å². The molecule has 1 aliphatic heterocycles. The first kappa shape index (κ1) is 10.9. The molecule has 0 radical (unpaired) electrons. The minimum absolute atomic E-state index is 0.133. The zero-order valence-electron chi connectivity index (χ0n) is 9.87. The minimum Gasteiger partial charge on any atom is -0.364 e. The molecule has 0 aromatic carbocycles. The first-order valence-corrected chi connectivity index (χ1v) is 5.77. The van der Waals surface area contributed by atoms with E-state index >= 15 is 0 Å². The monoisotopic (exact) mass is 248 g/mol. The molecule has 1 aliphatic rings. The van der Waals surface area contributed by atoms with Crippen molar-refractivity contribution >= 4 is 5.91 Å². The second-order valence-electron chi connectivity index (χ2n) is 4.21. The fourth-order valence-electron chi connectivity index (χ4n) is 2.20. The third kappa shape index (κ3) is 1.77. The maximum absolute atomic E-state index is 12.2. The topological polar surface area (TPSA) is 85.3 Å². The van der Waals surface area contributed by atoms with Gasteiger partial charge in [0.1, 0.15) is 6.26 Å². The molecule has 3 heterocycles. The number of aryl methyl sites for hydroxylation is 1. The van der Waals surface area contributed by atoms with E-state index in [1.807, 2.05) is 0 Å². The number of aromatic nitrogens is 3. The lowest BCUT2D eigenvalue weighted by Gasteiger charge is -2.20. The second kappa shape index (κ2) is 4.25. The van der Waals surface area contributed by atoms with Gasteiger partial charge >= 0.3 is 0 Å². The van der Waals surface area contributed by atoms with Crippen LogP contribution < -0.4 is 0 Å². The highest BCUT2D eigenvalue weighted by molar-refractivity contribution is 5.92. The number of carbonyl (C=O) groups excluding carboxylic acids is 1. The van der Waals surface area contributed by atoms with Crippen molar-refractivity contribution in [2.75, 3.05) is 6.54 Å². The molecule has 2 aromatic heterocycles. The summed E-state index contributed by atoms with van der Waals surface area (Å²) in [5.41, 5.74) is 0.308. The lowest BCUT2D eigenvalue weighted by molar-refractivity contribution is 0.0718. The Balaban J connectivity index is 1.85. The largest absolute Gasteiger partial charge is 0.364 e.